The summed E-state index contributed by atoms with van der Waals surface area (Å²) in [7, 11) is 0. The van der Waals surface area contributed by atoms with Crippen LogP contribution in [0.15, 0.2) is 59.8 Å². The van der Waals surface area contributed by atoms with Crippen LogP contribution < -0.4 is 0 Å². The van der Waals surface area contributed by atoms with E-state index in [1.165, 1.54) is 6.08 Å². The number of aliphatic carboxylic acids is 3. The van der Waals surface area contributed by atoms with Gasteiger partial charge in [0.1, 0.15) is 11.7 Å². The van der Waals surface area contributed by atoms with Gasteiger partial charge in [-0.2, -0.15) is 0 Å². The van der Waals surface area contributed by atoms with Crippen molar-refractivity contribution in [2.45, 2.75) is 129 Å². The Kier molecular flexibility index (Phi) is 15.8. The SMILES string of the molecule is CCCC[C@]1([C@H](/C=C/C(C)=C/C(=O)O)OC(=O)CCC(=O)O)CC[C@@]2(CC[C@@H](C)[C@H](C/C=C(C)/C=C/[C@H](O)[C@@H](C)/C=C/C(=O)O)O2)O1. The molecule has 2 fully saturated rings. The summed E-state index contributed by atoms with van der Waals surface area (Å²) in [6.07, 6.45) is 15.0. The fourth-order valence-electron chi connectivity index (χ4n) is 5.85. The van der Waals surface area contributed by atoms with Crippen molar-refractivity contribution in [3.63, 3.8) is 0 Å². The molecule has 2 heterocycles. The van der Waals surface area contributed by atoms with Crippen LogP contribution in [0.3, 0.4) is 0 Å². The van der Waals surface area contributed by atoms with Gasteiger partial charge in [-0.25, -0.2) is 9.59 Å². The number of aliphatic hydroxyl groups excluding tert-OH is 1. The number of hydrogen-bond donors (Lipinski definition) is 4. The average Bonchev–Trinajstić information content (AvgIpc) is 3.37. The first-order valence-corrected chi connectivity index (χ1v) is 16.4. The smallest absolute Gasteiger partial charge is 0.328 e. The summed E-state index contributed by atoms with van der Waals surface area (Å²) in [5.74, 6) is -4.99. The van der Waals surface area contributed by atoms with Crippen LogP contribution in [0.4, 0.5) is 0 Å². The predicted molar refractivity (Wildman–Crippen MR) is 175 cm³/mol. The Balaban J connectivity index is 2.28. The lowest BCUT2D eigenvalue weighted by molar-refractivity contribution is -0.308. The Morgan fingerprint density at radius 1 is 0.936 bits per heavy atom. The van der Waals surface area contributed by atoms with Gasteiger partial charge >= 0.3 is 23.9 Å². The topological polar surface area (TPSA) is 177 Å². The number of ether oxygens (including phenoxy) is 3. The minimum absolute atomic E-state index is 0.163. The first-order chi connectivity index (χ1) is 22.1. The van der Waals surface area contributed by atoms with E-state index in [4.69, 9.17) is 29.5 Å². The molecule has 7 atom stereocenters. The monoisotopic (exact) mass is 660 g/mol. The van der Waals surface area contributed by atoms with Gasteiger partial charge in [0.05, 0.1) is 25.0 Å². The zero-order chi connectivity index (χ0) is 35.2. The van der Waals surface area contributed by atoms with Crippen LogP contribution in [0.5, 0.6) is 0 Å². The van der Waals surface area contributed by atoms with Crippen LogP contribution in [0.1, 0.15) is 98.8 Å². The summed E-state index contributed by atoms with van der Waals surface area (Å²) in [4.78, 5) is 45.8. The van der Waals surface area contributed by atoms with Crippen molar-refractivity contribution >= 4 is 23.9 Å². The molecular formula is C36H52O11. The largest absolute Gasteiger partial charge is 0.481 e. The predicted octanol–water partition coefficient (Wildman–Crippen LogP) is 6.13. The molecule has 0 radical (unpaired) electrons. The second-order valence-corrected chi connectivity index (χ2v) is 12.8. The van der Waals surface area contributed by atoms with Crippen LogP contribution in [0, 0.1) is 11.8 Å². The van der Waals surface area contributed by atoms with Gasteiger partial charge in [0.2, 0.25) is 0 Å². The van der Waals surface area contributed by atoms with Crippen molar-refractivity contribution in [2.75, 3.05) is 0 Å². The quantitative estimate of drug-likeness (QED) is 0.0755. The lowest BCUT2D eigenvalue weighted by Gasteiger charge is -2.44. The van der Waals surface area contributed by atoms with Gasteiger partial charge in [-0.1, -0.05) is 69.6 Å². The fraction of sp³-hybridized carbons (Fsp3) is 0.611. The molecule has 1 spiro atoms. The van der Waals surface area contributed by atoms with Gasteiger partial charge in [-0.05, 0) is 57.1 Å². The molecule has 11 heteroatoms. The molecule has 0 aromatic carbocycles. The Labute approximate surface area is 277 Å². The van der Waals surface area contributed by atoms with E-state index in [1.54, 1.807) is 38.2 Å². The Bertz CT molecular complexity index is 1250. The molecule has 0 aromatic rings. The molecule has 0 saturated carbocycles. The highest BCUT2D eigenvalue weighted by Crippen LogP contribution is 2.50. The highest BCUT2D eigenvalue weighted by molar-refractivity contribution is 5.81. The van der Waals surface area contributed by atoms with Crippen LogP contribution >= 0.6 is 0 Å². The summed E-state index contributed by atoms with van der Waals surface area (Å²) in [6, 6.07) is 0. The highest BCUT2D eigenvalue weighted by Gasteiger charge is 2.56. The molecule has 0 unspecified atom stereocenters. The van der Waals surface area contributed by atoms with E-state index in [2.05, 4.69) is 6.92 Å². The molecule has 4 N–H and O–H groups in total. The molecule has 47 heavy (non-hydrogen) atoms. The van der Waals surface area contributed by atoms with Gasteiger partial charge in [-0.3, -0.25) is 9.59 Å². The highest BCUT2D eigenvalue weighted by atomic mass is 16.7. The minimum atomic E-state index is -1.11. The molecule has 0 bridgehead atoms. The van der Waals surface area contributed by atoms with Gasteiger partial charge < -0.3 is 34.6 Å². The number of carboxylic acids is 3. The van der Waals surface area contributed by atoms with Gasteiger partial charge in [0.15, 0.2) is 5.79 Å². The van der Waals surface area contributed by atoms with Crippen molar-refractivity contribution in [1.29, 1.82) is 0 Å². The van der Waals surface area contributed by atoms with Gasteiger partial charge in [0, 0.05) is 30.9 Å². The molecule has 2 rings (SSSR count). The standard InChI is InChI=1S/C36H52O11/c1-6-7-19-35(30(14-10-25(3)23-33(42)43)45-34(44)17-16-32(40)41)21-22-36(47-35)20-18-27(5)29(46-36)13-9-24(2)8-12-28(37)26(4)11-15-31(38)39/h8-12,14-15,23,26-30,37H,6-7,13,16-22H2,1-5H3,(H,38,39)(H,40,41)(H,42,43)/b12-8+,14-10+,15-11+,24-9+,25-23+/t26-,27+,28-,29-,30-,35+,36+/m0/s1. The summed E-state index contributed by atoms with van der Waals surface area (Å²) in [6.45, 7) is 9.46. The molecule has 11 nitrogen and oxygen atoms in total. The second-order valence-electron chi connectivity index (χ2n) is 12.8. The molecule has 262 valence electrons. The van der Waals surface area contributed by atoms with E-state index in [0.717, 1.165) is 37.0 Å². The maximum atomic E-state index is 12.8. The third kappa shape index (κ3) is 13.2. The average molecular weight is 661 g/mol. The maximum Gasteiger partial charge on any atom is 0.328 e. The zero-order valence-electron chi connectivity index (χ0n) is 28.2. The Morgan fingerprint density at radius 2 is 1.64 bits per heavy atom. The van der Waals surface area contributed by atoms with E-state index < -0.39 is 47.5 Å². The van der Waals surface area contributed by atoms with E-state index in [1.807, 2.05) is 19.9 Å². The number of unbranched alkanes of at least 4 members (excludes halogenated alkanes) is 1. The molecule has 2 aliphatic rings. The number of rotatable bonds is 18. The molecule has 2 saturated heterocycles. The number of allylic oxidation sites excluding steroid dienone is 4. The second kappa shape index (κ2) is 18.7. The molecule has 0 aromatic heterocycles. The number of carboxylic acid groups (broad SMARTS) is 3. The number of aliphatic hydroxyl groups is 1. The molecule has 0 amide bonds. The number of carbonyl (C=O) groups excluding carboxylic acids is 1. The first kappa shape index (κ1) is 39.6. The van der Waals surface area contributed by atoms with Crippen LogP contribution in [0.25, 0.3) is 0 Å². The molecule has 2 aliphatic heterocycles. The number of carbonyl (C=O) groups is 4. The summed E-state index contributed by atoms with van der Waals surface area (Å²) in [5.41, 5.74) is 0.415. The normalized spacial score (nSPS) is 27.4. The minimum Gasteiger partial charge on any atom is -0.481 e. The fourth-order valence-corrected chi connectivity index (χ4v) is 5.85. The third-order valence-corrected chi connectivity index (χ3v) is 8.77. The molecule has 0 aliphatic carbocycles. The van der Waals surface area contributed by atoms with Crippen LogP contribution in [-0.4, -0.2) is 74.0 Å². The van der Waals surface area contributed by atoms with E-state index >= 15 is 0 Å². The van der Waals surface area contributed by atoms with Crippen molar-refractivity contribution < 1.29 is 53.8 Å². The van der Waals surface area contributed by atoms with Crippen molar-refractivity contribution in [1.82, 2.24) is 0 Å². The maximum absolute atomic E-state index is 12.8. The summed E-state index contributed by atoms with van der Waals surface area (Å²) in [5, 5.41) is 37.4. The third-order valence-electron chi connectivity index (χ3n) is 8.77. The van der Waals surface area contributed by atoms with Crippen LogP contribution in [-0.2, 0) is 33.4 Å². The molecular weight excluding hydrogens is 608 g/mol. The first-order valence-electron chi connectivity index (χ1n) is 16.4. The zero-order valence-corrected chi connectivity index (χ0v) is 28.2. The Hall–Kier alpha value is -3.54. The van der Waals surface area contributed by atoms with E-state index in [0.29, 0.717) is 37.7 Å². The van der Waals surface area contributed by atoms with Crippen LogP contribution in [0.2, 0.25) is 0 Å². The van der Waals surface area contributed by atoms with Gasteiger partial charge in [-0.15, -0.1) is 0 Å². The summed E-state index contributed by atoms with van der Waals surface area (Å²) < 4.78 is 19.5. The number of esters is 1. The van der Waals surface area contributed by atoms with E-state index in [9.17, 15) is 24.3 Å². The lowest BCUT2D eigenvalue weighted by atomic mass is 9.85. The van der Waals surface area contributed by atoms with Crippen molar-refractivity contribution in [2.24, 2.45) is 11.8 Å². The van der Waals surface area contributed by atoms with Crippen molar-refractivity contribution in [3.05, 3.63) is 59.8 Å². The van der Waals surface area contributed by atoms with E-state index in [-0.39, 0.29) is 30.8 Å². The lowest BCUT2D eigenvalue weighted by Crippen LogP contribution is -2.50. The summed E-state index contributed by atoms with van der Waals surface area (Å²) >= 11 is 0. The Morgan fingerprint density at radius 3 is 2.28 bits per heavy atom. The van der Waals surface area contributed by atoms with Gasteiger partial charge in [0.25, 0.3) is 0 Å². The number of hydrogen-bond acceptors (Lipinski definition) is 8. The van der Waals surface area contributed by atoms with Crippen molar-refractivity contribution in [3.8, 4) is 0 Å².